The summed E-state index contributed by atoms with van der Waals surface area (Å²) in [6.07, 6.45) is 9.62. The van der Waals surface area contributed by atoms with E-state index in [4.69, 9.17) is 14.6 Å². The summed E-state index contributed by atoms with van der Waals surface area (Å²) in [6.45, 7) is 7.25. The van der Waals surface area contributed by atoms with E-state index < -0.39 is 5.97 Å². The molecule has 0 spiro atoms. The molecule has 0 amide bonds. The van der Waals surface area contributed by atoms with Crippen molar-refractivity contribution in [2.75, 3.05) is 7.11 Å². The van der Waals surface area contributed by atoms with Crippen LogP contribution in [0.25, 0.3) is 0 Å². The summed E-state index contributed by atoms with van der Waals surface area (Å²) in [4.78, 5) is 9.00. The van der Waals surface area contributed by atoms with E-state index in [0.29, 0.717) is 5.75 Å². The Morgan fingerprint density at radius 1 is 0.963 bits per heavy atom. The van der Waals surface area contributed by atoms with Gasteiger partial charge < -0.3 is 14.9 Å². The molecular weight excluding hydrogens is 340 g/mol. The number of hydrogen-bond acceptors (Lipinski definition) is 3. The molecule has 0 aliphatic heterocycles. The predicted octanol–water partition coefficient (Wildman–Crippen LogP) is 5.62. The monoisotopic (exact) mass is 376 g/mol. The minimum Gasteiger partial charge on any atom is -0.508 e. The zero-order valence-electron chi connectivity index (χ0n) is 17.5. The van der Waals surface area contributed by atoms with Crippen LogP contribution in [0.2, 0.25) is 0 Å². The van der Waals surface area contributed by atoms with Crippen LogP contribution in [0, 0.1) is 23.7 Å². The van der Waals surface area contributed by atoms with Gasteiger partial charge in [0.25, 0.3) is 5.97 Å². The van der Waals surface area contributed by atoms with Gasteiger partial charge in [0.15, 0.2) is 0 Å². The van der Waals surface area contributed by atoms with E-state index in [9.17, 15) is 5.11 Å². The van der Waals surface area contributed by atoms with Gasteiger partial charge in [0.1, 0.15) is 11.5 Å². The van der Waals surface area contributed by atoms with Crippen molar-refractivity contribution in [2.24, 2.45) is 23.7 Å². The number of methoxy groups -OCH3 is 1. The van der Waals surface area contributed by atoms with E-state index >= 15 is 0 Å². The average Bonchev–Trinajstić information content (AvgIpc) is 2.53. The van der Waals surface area contributed by atoms with E-state index in [-0.39, 0.29) is 5.41 Å². The molecule has 4 aliphatic rings. The summed E-state index contributed by atoms with van der Waals surface area (Å²) in [7, 11) is 1.62. The average molecular weight is 377 g/mol. The lowest BCUT2D eigenvalue weighted by Crippen LogP contribution is -2.38. The molecule has 4 fully saturated rings. The summed E-state index contributed by atoms with van der Waals surface area (Å²) in [5.41, 5.74) is 0.852. The van der Waals surface area contributed by atoms with Crippen molar-refractivity contribution in [1.82, 2.24) is 0 Å². The Morgan fingerprint density at radius 3 is 1.63 bits per heavy atom. The minimum atomic E-state index is -0.833. The van der Waals surface area contributed by atoms with Crippen LogP contribution >= 0.6 is 0 Å². The highest BCUT2D eigenvalue weighted by Crippen LogP contribution is 2.53. The molecule has 0 unspecified atom stereocenters. The molecule has 0 heterocycles. The van der Waals surface area contributed by atoms with Crippen LogP contribution in [-0.4, -0.2) is 23.3 Å². The number of phenols is 1. The summed E-state index contributed by atoms with van der Waals surface area (Å²) in [5.74, 6) is 4.98. The maximum Gasteiger partial charge on any atom is 0.300 e. The number of benzene rings is 1. The molecule has 4 saturated carbocycles. The van der Waals surface area contributed by atoms with E-state index in [1.54, 1.807) is 57.8 Å². The van der Waals surface area contributed by atoms with Crippen LogP contribution in [0.3, 0.4) is 0 Å². The van der Waals surface area contributed by atoms with E-state index in [1.165, 1.54) is 23.7 Å². The van der Waals surface area contributed by atoms with Crippen molar-refractivity contribution in [3.8, 4) is 11.5 Å². The van der Waals surface area contributed by atoms with Crippen molar-refractivity contribution < 1.29 is 19.7 Å². The van der Waals surface area contributed by atoms with E-state index in [2.05, 4.69) is 20.8 Å². The maximum atomic E-state index is 9.61. The first-order valence-electron chi connectivity index (χ1n) is 10.2. The highest BCUT2D eigenvalue weighted by Gasteiger charge is 2.41. The fraction of sp³-hybridized carbons (Fsp3) is 0.696. The number of carboxylic acid groups (broad SMARTS) is 1. The molecule has 0 atom stereocenters. The van der Waals surface area contributed by atoms with E-state index in [1.807, 2.05) is 6.07 Å². The van der Waals surface area contributed by atoms with Gasteiger partial charge >= 0.3 is 0 Å². The fourth-order valence-corrected chi connectivity index (χ4v) is 5.23. The topological polar surface area (TPSA) is 66.8 Å². The molecule has 4 nitrogen and oxygen atoms in total. The van der Waals surface area contributed by atoms with Gasteiger partial charge in [0, 0.05) is 12.5 Å². The Hall–Kier alpha value is -1.71. The second-order valence-electron chi connectivity index (χ2n) is 9.53. The first kappa shape index (κ1) is 21.6. The third kappa shape index (κ3) is 6.44. The molecule has 152 valence electrons. The zero-order chi connectivity index (χ0) is 20.2. The molecule has 4 heteroatoms. The van der Waals surface area contributed by atoms with Crippen LogP contribution in [0.1, 0.15) is 71.8 Å². The number of carboxylic acids is 1. The molecular formula is C23H36O4. The Kier molecular flexibility index (Phi) is 7.19. The lowest BCUT2D eigenvalue weighted by atomic mass is 9.56. The molecule has 2 N–H and O–H groups in total. The molecule has 27 heavy (non-hydrogen) atoms. The Bertz CT molecular complexity index is 569. The van der Waals surface area contributed by atoms with Gasteiger partial charge in [-0.1, -0.05) is 20.8 Å². The summed E-state index contributed by atoms with van der Waals surface area (Å²) >= 11 is 0. The predicted molar refractivity (Wildman–Crippen MR) is 108 cm³/mol. The molecule has 4 bridgehead atoms. The Balaban J connectivity index is 0.000000165. The molecule has 1 aromatic rings. The molecule has 1 aromatic carbocycles. The van der Waals surface area contributed by atoms with Crippen molar-refractivity contribution in [1.29, 1.82) is 0 Å². The second-order valence-corrected chi connectivity index (χ2v) is 9.53. The van der Waals surface area contributed by atoms with Crippen LogP contribution in [0.5, 0.6) is 11.5 Å². The summed E-state index contributed by atoms with van der Waals surface area (Å²) < 4.78 is 5.09. The first-order valence-corrected chi connectivity index (χ1v) is 10.2. The molecule has 0 radical (unpaired) electrons. The molecule has 5 rings (SSSR count). The van der Waals surface area contributed by atoms with Crippen LogP contribution in [0.15, 0.2) is 18.2 Å². The van der Waals surface area contributed by atoms with Gasteiger partial charge in [-0.3, -0.25) is 4.79 Å². The normalized spacial score (nSPS) is 27.7. The van der Waals surface area contributed by atoms with Crippen molar-refractivity contribution in [3.63, 3.8) is 0 Å². The van der Waals surface area contributed by atoms with Crippen LogP contribution < -0.4 is 4.74 Å². The van der Waals surface area contributed by atoms with Crippen LogP contribution in [0.4, 0.5) is 0 Å². The largest absolute Gasteiger partial charge is 0.508 e. The van der Waals surface area contributed by atoms with E-state index in [0.717, 1.165) is 18.2 Å². The molecule has 0 saturated heterocycles. The maximum absolute atomic E-state index is 9.61. The highest BCUT2D eigenvalue weighted by atomic mass is 16.5. The highest BCUT2D eigenvalue weighted by molar-refractivity contribution is 5.62. The Morgan fingerprint density at radius 2 is 1.33 bits per heavy atom. The number of carbonyl (C=O) groups is 1. The zero-order valence-corrected chi connectivity index (χ0v) is 17.5. The number of aromatic hydroxyl groups is 1. The third-order valence-corrected chi connectivity index (χ3v) is 6.01. The van der Waals surface area contributed by atoms with Crippen LogP contribution in [-0.2, 0) is 10.2 Å². The number of phenolic OH excluding ortho intramolecular Hbond substituents is 1. The van der Waals surface area contributed by atoms with Gasteiger partial charge in [0.05, 0.1) is 7.11 Å². The third-order valence-electron chi connectivity index (χ3n) is 6.01. The SMILES string of the molecule is C1C2CC3CC1CC(C2)C3.CC(=O)O.COc1ccc(O)c(C(C)(C)C)c1. The lowest BCUT2D eigenvalue weighted by molar-refractivity contribution is -0.134. The summed E-state index contributed by atoms with van der Waals surface area (Å²) in [6, 6.07) is 5.29. The smallest absolute Gasteiger partial charge is 0.300 e. The number of aliphatic carboxylic acids is 1. The van der Waals surface area contributed by atoms with Gasteiger partial charge in [-0.2, -0.15) is 0 Å². The summed E-state index contributed by atoms with van der Waals surface area (Å²) in [5, 5.41) is 17.0. The van der Waals surface area contributed by atoms with Crippen molar-refractivity contribution in [2.45, 2.75) is 71.6 Å². The van der Waals surface area contributed by atoms with Gasteiger partial charge in [-0.05, 0) is 85.8 Å². The van der Waals surface area contributed by atoms with Gasteiger partial charge in [-0.25, -0.2) is 0 Å². The minimum absolute atomic E-state index is 0.0569. The van der Waals surface area contributed by atoms with Gasteiger partial charge in [-0.15, -0.1) is 0 Å². The van der Waals surface area contributed by atoms with Crippen molar-refractivity contribution >= 4 is 5.97 Å². The second kappa shape index (κ2) is 8.99. The number of ether oxygens (including phenoxy) is 1. The fourth-order valence-electron chi connectivity index (χ4n) is 5.23. The first-order chi connectivity index (χ1) is 12.6. The molecule has 4 aliphatic carbocycles. The molecule has 0 aromatic heterocycles. The quantitative estimate of drug-likeness (QED) is 0.667. The van der Waals surface area contributed by atoms with Crippen molar-refractivity contribution in [3.05, 3.63) is 23.8 Å². The Labute approximate surface area is 163 Å². The standard InChI is InChI=1S/C11H16O2.C10H16.C2H4O2/c1-11(2,3)9-7-8(13-4)5-6-10(9)12;1-7-2-9-4-8(1)5-10(3-7)6-9;1-2(3)4/h5-7,12H,1-4H3;7-10H,1-6H2;1H3,(H,3,4). The lowest BCUT2D eigenvalue weighted by Gasteiger charge is -2.49. The van der Waals surface area contributed by atoms with Gasteiger partial charge in [0.2, 0.25) is 0 Å². The number of hydrogen-bond donors (Lipinski definition) is 2. The number of rotatable bonds is 1.